The lowest BCUT2D eigenvalue weighted by Gasteiger charge is -2.71. The molecular formula is C30H35NO4. The number of hydrogen-bond donors (Lipinski definition) is 2. The van der Waals surface area contributed by atoms with Gasteiger partial charge >= 0.3 is 0 Å². The number of piperidine rings is 1. The molecule has 5 nitrogen and oxygen atoms in total. The SMILES string of the molecule is COc1ccc2c3c1O[C@@H]1[C@@]4(O)C=CC5(C[C@@H]4[C@@](C)(O)CCc4ccccc4)[C@@H](C2)N(C)CC[C@@]315. The lowest BCUT2D eigenvalue weighted by Crippen LogP contribution is -2.80. The maximum Gasteiger partial charge on any atom is 0.166 e. The monoisotopic (exact) mass is 473 g/mol. The van der Waals surface area contributed by atoms with E-state index >= 15 is 0 Å². The van der Waals surface area contributed by atoms with Gasteiger partial charge in [0.1, 0.15) is 11.7 Å². The predicted octanol–water partition coefficient (Wildman–Crippen LogP) is 3.65. The largest absolute Gasteiger partial charge is 0.493 e. The molecule has 7 atom stereocenters. The van der Waals surface area contributed by atoms with Crippen LogP contribution in [0, 0.1) is 11.3 Å². The van der Waals surface area contributed by atoms with Crippen LogP contribution in [0.15, 0.2) is 54.6 Å². The average Bonchev–Trinajstić information content (AvgIpc) is 3.23. The second-order valence-electron chi connectivity index (χ2n) is 11.9. The van der Waals surface area contributed by atoms with Crippen molar-refractivity contribution >= 4 is 0 Å². The van der Waals surface area contributed by atoms with E-state index in [1.165, 1.54) is 16.7 Å². The van der Waals surface area contributed by atoms with E-state index in [9.17, 15) is 10.2 Å². The third-order valence-corrected chi connectivity index (χ3v) is 10.5. The van der Waals surface area contributed by atoms with Crippen LogP contribution in [-0.2, 0) is 18.3 Å². The molecule has 1 saturated heterocycles. The molecule has 35 heavy (non-hydrogen) atoms. The Morgan fingerprint density at radius 2 is 1.97 bits per heavy atom. The number of methoxy groups -OCH3 is 1. The van der Waals surface area contributed by atoms with Gasteiger partial charge in [0.2, 0.25) is 0 Å². The van der Waals surface area contributed by atoms with Crippen molar-refractivity contribution in [2.75, 3.05) is 20.7 Å². The zero-order chi connectivity index (χ0) is 24.2. The van der Waals surface area contributed by atoms with E-state index in [1.807, 2.05) is 37.3 Å². The van der Waals surface area contributed by atoms with Crippen LogP contribution in [0.2, 0.25) is 0 Å². The highest BCUT2D eigenvalue weighted by Crippen LogP contribution is 2.75. The highest BCUT2D eigenvalue weighted by Gasteiger charge is 2.79. The van der Waals surface area contributed by atoms with Gasteiger partial charge in [0, 0.05) is 22.9 Å². The number of nitrogens with zero attached hydrogens (tertiary/aromatic N) is 1. The number of hydrogen-bond acceptors (Lipinski definition) is 5. The molecule has 0 aromatic heterocycles. The summed E-state index contributed by atoms with van der Waals surface area (Å²) in [6, 6.07) is 14.8. The fourth-order valence-electron chi connectivity index (χ4n) is 8.84. The molecule has 5 heteroatoms. The van der Waals surface area contributed by atoms with Crippen LogP contribution in [0.25, 0.3) is 0 Å². The van der Waals surface area contributed by atoms with Crippen LogP contribution in [0.1, 0.15) is 42.9 Å². The van der Waals surface area contributed by atoms with Crippen molar-refractivity contribution in [2.24, 2.45) is 11.3 Å². The van der Waals surface area contributed by atoms with Gasteiger partial charge in [-0.25, -0.2) is 0 Å². The molecule has 2 N–H and O–H groups in total. The molecule has 2 fully saturated rings. The molecule has 6 aliphatic rings. The molecule has 1 saturated carbocycles. The molecule has 184 valence electrons. The Hall–Kier alpha value is -2.34. The van der Waals surface area contributed by atoms with Crippen molar-refractivity contribution in [3.8, 4) is 11.5 Å². The van der Waals surface area contributed by atoms with Gasteiger partial charge in [-0.15, -0.1) is 0 Å². The Balaban J connectivity index is 1.37. The molecule has 2 heterocycles. The first-order valence-corrected chi connectivity index (χ1v) is 13.0. The molecule has 2 spiro atoms. The van der Waals surface area contributed by atoms with Gasteiger partial charge in [-0.1, -0.05) is 48.6 Å². The Morgan fingerprint density at radius 3 is 2.74 bits per heavy atom. The molecule has 0 radical (unpaired) electrons. The van der Waals surface area contributed by atoms with E-state index < -0.39 is 17.3 Å². The van der Waals surface area contributed by atoms with Gasteiger partial charge in [0.25, 0.3) is 0 Å². The minimum Gasteiger partial charge on any atom is -0.493 e. The van der Waals surface area contributed by atoms with Gasteiger partial charge < -0.3 is 24.6 Å². The third-order valence-electron chi connectivity index (χ3n) is 10.5. The molecule has 8 rings (SSSR count). The minimum absolute atomic E-state index is 0.193. The Morgan fingerprint density at radius 1 is 1.17 bits per heavy atom. The first kappa shape index (κ1) is 21.9. The number of likely N-dealkylation sites (tertiary alicyclic amines) is 1. The predicted molar refractivity (Wildman–Crippen MR) is 134 cm³/mol. The van der Waals surface area contributed by atoms with Crippen LogP contribution in [0.3, 0.4) is 0 Å². The topological polar surface area (TPSA) is 62.2 Å². The summed E-state index contributed by atoms with van der Waals surface area (Å²) in [5, 5.41) is 24.5. The van der Waals surface area contributed by atoms with Gasteiger partial charge in [-0.3, -0.25) is 0 Å². The first-order valence-electron chi connectivity index (χ1n) is 13.0. The highest BCUT2D eigenvalue weighted by atomic mass is 16.5. The number of likely N-dealkylation sites (N-methyl/N-ethyl adjacent to an activating group) is 1. The number of rotatable bonds is 5. The summed E-state index contributed by atoms with van der Waals surface area (Å²) in [5.41, 5.74) is 1.01. The average molecular weight is 474 g/mol. The Bertz CT molecular complexity index is 1220. The van der Waals surface area contributed by atoms with Crippen molar-refractivity contribution in [1.82, 2.24) is 4.90 Å². The van der Waals surface area contributed by atoms with Crippen LogP contribution >= 0.6 is 0 Å². The van der Waals surface area contributed by atoms with E-state index in [1.54, 1.807) is 7.11 Å². The summed E-state index contributed by atoms with van der Waals surface area (Å²) in [6.45, 7) is 2.90. The van der Waals surface area contributed by atoms with Crippen molar-refractivity contribution in [2.45, 2.75) is 67.8 Å². The molecule has 2 aromatic carbocycles. The van der Waals surface area contributed by atoms with Crippen molar-refractivity contribution in [1.29, 1.82) is 0 Å². The Labute approximate surface area is 207 Å². The molecule has 4 aliphatic carbocycles. The first-order chi connectivity index (χ1) is 16.8. The number of aryl methyl sites for hydroxylation is 1. The third kappa shape index (κ3) is 2.49. The molecular weight excluding hydrogens is 438 g/mol. The van der Waals surface area contributed by atoms with Gasteiger partial charge in [-0.05, 0) is 69.8 Å². The van der Waals surface area contributed by atoms with Crippen molar-refractivity contribution < 1.29 is 19.7 Å². The normalized spacial score (nSPS) is 39.6. The van der Waals surface area contributed by atoms with Crippen LogP contribution < -0.4 is 9.47 Å². The van der Waals surface area contributed by atoms with Gasteiger partial charge in [0.05, 0.1) is 18.1 Å². The summed E-state index contributed by atoms with van der Waals surface area (Å²) in [7, 11) is 3.92. The van der Waals surface area contributed by atoms with E-state index in [-0.39, 0.29) is 16.7 Å². The number of aliphatic hydroxyl groups is 2. The van der Waals surface area contributed by atoms with Crippen LogP contribution in [-0.4, -0.2) is 59.2 Å². The van der Waals surface area contributed by atoms with Crippen molar-refractivity contribution in [3.63, 3.8) is 0 Å². The van der Waals surface area contributed by atoms with E-state index in [0.29, 0.717) is 12.5 Å². The molecule has 0 amide bonds. The fourth-order valence-corrected chi connectivity index (χ4v) is 8.84. The smallest absolute Gasteiger partial charge is 0.166 e. The van der Waals surface area contributed by atoms with Gasteiger partial charge in [0.15, 0.2) is 11.5 Å². The highest BCUT2D eigenvalue weighted by molar-refractivity contribution is 5.65. The lowest BCUT2D eigenvalue weighted by molar-refractivity contribution is -0.238. The molecule has 1 unspecified atom stereocenters. The van der Waals surface area contributed by atoms with E-state index in [4.69, 9.17) is 9.47 Å². The molecule has 2 aromatic rings. The number of benzene rings is 2. The maximum absolute atomic E-state index is 12.5. The van der Waals surface area contributed by atoms with E-state index in [2.05, 4.69) is 36.2 Å². The summed E-state index contributed by atoms with van der Waals surface area (Å²) in [5.74, 6) is 1.24. The molecule has 2 aliphatic heterocycles. The fraction of sp³-hybridized carbons (Fsp3) is 0.533. The summed E-state index contributed by atoms with van der Waals surface area (Å²) in [4.78, 5) is 2.50. The van der Waals surface area contributed by atoms with Crippen molar-refractivity contribution in [3.05, 3.63) is 71.3 Å². The lowest BCUT2D eigenvalue weighted by atomic mass is 9.36. The quantitative estimate of drug-likeness (QED) is 0.650. The number of fused-ring (bicyclic) bond motifs is 1. The van der Waals surface area contributed by atoms with Gasteiger partial charge in [-0.2, -0.15) is 0 Å². The minimum atomic E-state index is -1.25. The maximum atomic E-state index is 12.5. The second kappa shape index (κ2) is 6.90. The Kier molecular flexibility index (Phi) is 4.32. The summed E-state index contributed by atoms with van der Waals surface area (Å²) >= 11 is 0. The second-order valence-corrected chi connectivity index (χ2v) is 11.9. The van der Waals surface area contributed by atoms with Crippen LogP contribution in [0.4, 0.5) is 0 Å². The molecule has 4 bridgehead atoms. The zero-order valence-corrected chi connectivity index (χ0v) is 20.8. The summed E-state index contributed by atoms with van der Waals surface area (Å²) < 4.78 is 12.5. The van der Waals surface area contributed by atoms with Crippen LogP contribution in [0.5, 0.6) is 11.5 Å². The summed E-state index contributed by atoms with van der Waals surface area (Å²) in [6.07, 6.45) is 7.89. The zero-order valence-electron chi connectivity index (χ0n) is 20.8. The van der Waals surface area contributed by atoms with E-state index in [0.717, 1.165) is 43.7 Å². The standard InChI is InChI=1S/C30H35NO4/c1-27(32,12-11-19-7-5-4-6-8-19)22-18-28-13-14-30(22,33)26-29(28)15-16-31(2)23(28)17-20-9-10-21(34-3)25(35-26)24(20)29/h4-10,13-14,22-23,26,32-33H,11-12,15-18H2,1-3H3/t22-,23-,26+,27+,28?,29-,30-/m1/s1. The number of ether oxygens (including phenoxy) is 2.